The predicted molar refractivity (Wildman–Crippen MR) is 498 cm³/mol. The first-order valence-electron chi connectivity index (χ1n) is 43.9. The molecule has 8 aromatic rings. The smallest absolute Gasteiger partial charge is 0.234 e. The van der Waals surface area contributed by atoms with Gasteiger partial charge in [0.1, 0.15) is 57.2 Å². The van der Waals surface area contributed by atoms with E-state index in [0.29, 0.717) is 73.2 Å². The van der Waals surface area contributed by atoms with Crippen molar-refractivity contribution >= 4 is 11.7 Å². The van der Waals surface area contributed by atoms with Gasteiger partial charge in [-0.05, 0) is 211 Å². The van der Waals surface area contributed by atoms with Gasteiger partial charge in [0.25, 0.3) is 0 Å². The van der Waals surface area contributed by atoms with E-state index in [1.807, 2.05) is 72.8 Å². The van der Waals surface area contributed by atoms with E-state index in [1.165, 1.54) is 0 Å². The van der Waals surface area contributed by atoms with Crippen molar-refractivity contribution in [2.75, 3.05) is 6.54 Å². The fraction of sp³-hybridized carbons (Fsp3) is 0.541. The number of carbonyl (C=O) groups excluding carboxylic acids is 2. The maximum atomic E-state index is 18.4. The first-order valence-corrected chi connectivity index (χ1v) is 43.9. The van der Waals surface area contributed by atoms with Gasteiger partial charge in [0.05, 0.1) is 0 Å². The molecule has 1 unspecified atom stereocenters. The molecule has 11 heteroatoms. The van der Waals surface area contributed by atoms with Gasteiger partial charge in [-0.3, -0.25) is 9.59 Å². The summed E-state index contributed by atoms with van der Waals surface area (Å²) in [5.74, 6) is -1.60. The van der Waals surface area contributed by atoms with Crippen molar-refractivity contribution in [3.8, 4) is 46.0 Å². The summed E-state index contributed by atoms with van der Waals surface area (Å²) in [6, 6.07) is 32.5. The lowest BCUT2D eigenvalue weighted by Crippen LogP contribution is -2.54. The highest BCUT2D eigenvalue weighted by molar-refractivity contribution is 6.08. The average molecular weight is 1640 g/mol. The molecule has 0 aliphatic carbocycles. The molecule has 9 rings (SSSR count). The van der Waals surface area contributed by atoms with Crippen LogP contribution in [0.2, 0.25) is 0 Å². The molecule has 1 amide bonds. The molecule has 9 N–H and O–H groups in total. The van der Waals surface area contributed by atoms with Crippen molar-refractivity contribution in [2.45, 2.75) is 371 Å². The van der Waals surface area contributed by atoms with Gasteiger partial charge in [0.2, 0.25) is 5.91 Å². The van der Waals surface area contributed by atoms with Gasteiger partial charge in [-0.2, -0.15) is 0 Å². The van der Waals surface area contributed by atoms with Crippen LogP contribution in [-0.2, 0) is 100 Å². The Balaban J connectivity index is 1.48. The summed E-state index contributed by atoms with van der Waals surface area (Å²) in [7, 11) is 0. The predicted octanol–water partition coefficient (Wildman–Crippen LogP) is 26.1. The van der Waals surface area contributed by atoms with Crippen molar-refractivity contribution in [3.63, 3.8) is 0 Å². The average Bonchev–Trinajstić information content (AvgIpc) is 0.710. The lowest BCUT2D eigenvalue weighted by atomic mass is 9.59. The van der Waals surface area contributed by atoms with Crippen LogP contribution in [0.3, 0.4) is 0 Å². The number of Topliss-reactive ketones (excluding diaryl/α,β-unsaturated/α-hetero) is 1. The molecule has 0 bridgehead atoms. The number of ketones is 1. The highest BCUT2D eigenvalue weighted by Crippen LogP contribution is 2.56. The van der Waals surface area contributed by atoms with E-state index in [9.17, 15) is 40.9 Å². The van der Waals surface area contributed by atoms with Crippen molar-refractivity contribution in [3.05, 3.63) is 231 Å². The third kappa shape index (κ3) is 20.0. The molecular formula is C109H151NO10. The Bertz CT molecular complexity index is 4800. The quantitative estimate of drug-likeness (QED) is 0.0418. The number of nitrogens with one attached hydrogen (secondary N) is 1. The van der Waals surface area contributed by atoms with Crippen molar-refractivity contribution in [1.82, 2.24) is 5.32 Å². The van der Waals surface area contributed by atoms with Crippen LogP contribution in [0.4, 0.5) is 0 Å². The van der Waals surface area contributed by atoms with Crippen LogP contribution >= 0.6 is 0 Å². The number of phenols is 8. The molecule has 0 spiro atoms. The second-order valence-corrected chi connectivity index (χ2v) is 48.1. The Morgan fingerprint density at radius 1 is 0.283 bits per heavy atom. The van der Waals surface area contributed by atoms with E-state index in [-0.39, 0.29) is 96.8 Å². The summed E-state index contributed by atoms with van der Waals surface area (Å²) in [5.41, 5.74) is 8.30. The van der Waals surface area contributed by atoms with Crippen LogP contribution < -0.4 is 5.32 Å². The molecule has 0 saturated carbocycles. The summed E-state index contributed by atoms with van der Waals surface area (Å²) < 4.78 is 0. The SMILES string of the molecule is CC(C)(C)c1cc(C(CC(=O)C2(C(c3cc(Cc4cc(C(C)(C)C)c(O)c(C(C)(C)C)c4)c(O)c(C(C)(C)C)c3)c3cc(Cc4cc(C(C)(C)C)c(O)c(C(C)(C)C)c4)c(O)c(C(C)(C)C)c3)CCCNC2=O)c2cc(Cc3cc(C(C)(C)C)c(O)c(C(C)(C)C)c3)c(O)c(C(C)(C)C)c2)cc(Cc2cc(C(C)(C)C)c(O)c(C(C)(C)C)c2)c1O. The van der Waals surface area contributed by atoms with E-state index in [4.69, 9.17) is 0 Å². The fourth-order valence-electron chi connectivity index (χ4n) is 18.2. The van der Waals surface area contributed by atoms with Gasteiger partial charge in [-0.25, -0.2) is 0 Å². The zero-order chi connectivity index (χ0) is 91.0. The summed E-state index contributed by atoms with van der Waals surface area (Å²) in [5, 5.41) is 105. The minimum atomic E-state index is -1.96. The number of amides is 1. The fourth-order valence-corrected chi connectivity index (χ4v) is 18.2. The Morgan fingerprint density at radius 3 is 0.658 bits per heavy atom. The van der Waals surface area contributed by atoms with Crippen molar-refractivity contribution in [2.24, 2.45) is 5.41 Å². The second kappa shape index (κ2) is 32.2. The number of rotatable bonds is 16. The molecule has 0 aromatic heterocycles. The molecular weight excluding hydrogens is 1480 g/mol. The molecule has 1 heterocycles. The highest BCUT2D eigenvalue weighted by atomic mass is 16.3. The highest BCUT2D eigenvalue weighted by Gasteiger charge is 2.55. The number of aromatic hydroxyl groups is 8. The van der Waals surface area contributed by atoms with Gasteiger partial charge in [-0.1, -0.05) is 346 Å². The topological polar surface area (TPSA) is 208 Å². The summed E-state index contributed by atoms with van der Waals surface area (Å²) >= 11 is 0. The minimum Gasteiger partial charge on any atom is -0.507 e. The summed E-state index contributed by atoms with van der Waals surface area (Å²) in [6.07, 6.45) is 1.09. The van der Waals surface area contributed by atoms with Gasteiger partial charge in [0, 0.05) is 50.5 Å². The number of carbonyl (C=O) groups is 2. The molecule has 120 heavy (non-hydrogen) atoms. The van der Waals surface area contributed by atoms with E-state index < -0.39 is 88.1 Å². The largest absolute Gasteiger partial charge is 0.507 e. The van der Waals surface area contributed by atoms with Crippen LogP contribution in [0.5, 0.6) is 46.0 Å². The molecule has 1 saturated heterocycles. The van der Waals surface area contributed by atoms with Crippen molar-refractivity contribution in [1.29, 1.82) is 0 Å². The first-order chi connectivity index (χ1) is 54.2. The Kier molecular flexibility index (Phi) is 25.5. The molecule has 11 nitrogen and oxygen atoms in total. The summed E-state index contributed by atoms with van der Waals surface area (Å²) in [6.45, 7) is 75.1. The van der Waals surface area contributed by atoms with E-state index >= 15 is 9.59 Å². The molecule has 1 aliphatic heterocycles. The number of phenolic OH excluding ortho intramolecular Hbond substituents is 8. The lowest BCUT2D eigenvalue weighted by molar-refractivity contribution is -0.146. The summed E-state index contributed by atoms with van der Waals surface area (Å²) in [4.78, 5) is 35.5. The van der Waals surface area contributed by atoms with Crippen LogP contribution in [-0.4, -0.2) is 59.1 Å². The molecule has 1 fully saturated rings. The number of piperidine rings is 1. The molecule has 652 valence electrons. The van der Waals surface area contributed by atoms with E-state index in [1.54, 1.807) is 0 Å². The number of hydrogen-bond donors (Lipinski definition) is 9. The lowest BCUT2D eigenvalue weighted by Gasteiger charge is -2.43. The minimum absolute atomic E-state index is 0.0725. The van der Waals surface area contributed by atoms with Crippen LogP contribution in [0.15, 0.2) is 97.1 Å². The van der Waals surface area contributed by atoms with Gasteiger partial charge >= 0.3 is 0 Å². The maximum absolute atomic E-state index is 18.4. The van der Waals surface area contributed by atoms with Crippen LogP contribution in [0.1, 0.15) is 414 Å². The monoisotopic (exact) mass is 1630 g/mol. The molecule has 1 aliphatic rings. The zero-order valence-electron chi connectivity index (χ0n) is 80.4. The molecule has 8 aromatic carbocycles. The maximum Gasteiger partial charge on any atom is 0.234 e. The van der Waals surface area contributed by atoms with E-state index in [0.717, 1.165) is 66.8 Å². The van der Waals surface area contributed by atoms with Gasteiger partial charge in [0.15, 0.2) is 0 Å². The third-order valence-corrected chi connectivity index (χ3v) is 25.1. The zero-order valence-corrected chi connectivity index (χ0v) is 80.4. The standard InChI is InChI=1S/C109H151NO10/c1-97(2,3)74-44-61(45-75(92(74)116)98(4,5)6)40-69-52-65(56-82(88(69)112)105(25,26)27)73(66-53-70(89(113)83(57-66)106(28,29)30)41-62-46-76(99(7,8)9)93(117)77(47-62)100(10,11)12)60-86(111)109(38-37-39-110-96(109)120)87(67-54-71(90(114)84(58-67)107(31,32)33)42-63-48-78(101(13,14)15)94(118)79(49-63)102(16,17)18)68-55-72(91(115)85(59-68)108(34,35)36)43-64-50-80(103(19,20)21)95(119)81(51-64)104(22,23)24/h44-59,73,87,112-119H,37-43,60H2,1-36H3,(H,110,120). The van der Waals surface area contributed by atoms with Gasteiger partial charge in [-0.15, -0.1) is 0 Å². The number of benzene rings is 8. The Morgan fingerprint density at radius 2 is 0.467 bits per heavy atom. The number of hydrogen-bond acceptors (Lipinski definition) is 10. The van der Waals surface area contributed by atoms with E-state index in [2.05, 4.69) is 279 Å². The second-order valence-electron chi connectivity index (χ2n) is 48.1. The van der Waals surface area contributed by atoms with Crippen LogP contribution in [0.25, 0.3) is 0 Å². The third-order valence-electron chi connectivity index (χ3n) is 25.1. The molecule has 1 atom stereocenters. The normalized spacial score (nSPS) is 15.5. The van der Waals surface area contributed by atoms with Gasteiger partial charge < -0.3 is 46.2 Å². The van der Waals surface area contributed by atoms with Crippen LogP contribution in [0, 0.1) is 5.41 Å². The van der Waals surface area contributed by atoms with Crippen molar-refractivity contribution < 1.29 is 50.4 Å². The first kappa shape index (κ1) is 95.1. The molecule has 0 radical (unpaired) electrons. The Labute approximate surface area is 722 Å². The Hall–Kier alpha value is -8.70.